The van der Waals surface area contributed by atoms with Gasteiger partial charge in [-0.3, -0.25) is 4.68 Å². The number of carboxylic acids is 1. The van der Waals surface area contributed by atoms with E-state index in [9.17, 15) is 9.90 Å². The summed E-state index contributed by atoms with van der Waals surface area (Å²) < 4.78 is 1.92. The van der Waals surface area contributed by atoms with Crippen molar-refractivity contribution < 1.29 is 9.90 Å². The predicted molar refractivity (Wildman–Crippen MR) is 74.4 cm³/mol. The number of carboxylic acid groups (broad SMARTS) is 1. The standard InChI is InChI=1S/C15H18N2O2/c1-4-7-17-11(3)14(9-16-17)13-8-10(2)5-6-12(13)15(18)19/h5-6,8-9H,4,7H2,1-3H3,(H,18,19). The summed E-state index contributed by atoms with van der Waals surface area (Å²) in [5.74, 6) is -0.905. The third-order valence-corrected chi connectivity index (χ3v) is 3.23. The maximum Gasteiger partial charge on any atom is 0.336 e. The van der Waals surface area contributed by atoms with Gasteiger partial charge in [0.2, 0.25) is 0 Å². The Hall–Kier alpha value is -2.10. The quantitative estimate of drug-likeness (QED) is 0.915. The average molecular weight is 258 g/mol. The van der Waals surface area contributed by atoms with Gasteiger partial charge < -0.3 is 5.11 Å². The van der Waals surface area contributed by atoms with Gasteiger partial charge >= 0.3 is 5.97 Å². The highest BCUT2D eigenvalue weighted by molar-refractivity contribution is 5.96. The molecule has 19 heavy (non-hydrogen) atoms. The molecular weight excluding hydrogens is 240 g/mol. The molecule has 1 aromatic heterocycles. The zero-order chi connectivity index (χ0) is 14.0. The molecule has 0 saturated heterocycles. The van der Waals surface area contributed by atoms with Crippen LogP contribution in [0.25, 0.3) is 11.1 Å². The zero-order valence-electron chi connectivity index (χ0n) is 11.5. The van der Waals surface area contributed by atoms with Gasteiger partial charge in [-0.15, -0.1) is 0 Å². The number of aromatic carboxylic acids is 1. The van der Waals surface area contributed by atoms with E-state index in [0.717, 1.165) is 35.3 Å². The number of aryl methyl sites for hydroxylation is 2. The van der Waals surface area contributed by atoms with Crippen LogP contribution in [-0.2, 0) is 6.54 Å². The van der Waals surface area contributed by atoms with E-state index in [4.69, 9.17) is 0 Å². The first kappa shape index (κ1) is 13.3. The maximum absolute atomic E-state index is 11.3. The number of hydrogen-bond donors (Lipinski definition) is 1. The second-order valence-corrected chi connectivity index (χ2v) is 4.72. The Morgan fingerprint density at radius 1 is 1.32 bits per heavy atom. The largest absolute Gasteiger partial charge is 0.478 e. The minimum absolute atomic E-state index is 0.324. The Morgan fingerprint density at radius 3 is 2.68 bits per heavy atom. The van der Waals surface area contributed by atoms with Crippen molar-refractivity contribution in [2.75, 3.05) is 0 Å². The number of aromatic nitrogens is 2. The van der Waals surface area contributed by atoms with E-state index in [0.29, 0.717) is 5.56 Å². The molecule has 4 nitrogen and oxygen atoms in total. The van der Waals surface area contributed by atoms with Gasteiger partial charge in [0.25, 0.3) is 0 Å². The van der Waals surface area contributed by atoms with Crippen molar-refractivity contribution in [3.8, 4) is 11.1 Å². The van der Waals surface area contributed by atoms with Crippen molar-refractivity contribution in [1.29, 1.82) is 0 Å². The Labute approximate surface area is 112 Å². The van der Waals surface area contributed by atoms with E-state index in [1.807, 2.05) is 30.7 Å². The fraction of sp³-hybridized carbons (Fsp3) is 0.333. The molecule has 0 bridgehead atoms. The molecule has 2 aromatic rings. The number of benzene rings is 1. The molecule has 0 radical (unpaired) electrons. The van der Waals surface area contributed by atoms with Crippen molar-refractivity contribution >= 4 is 5.97 Å². The van der Waals surface area contributed by atoms with Crippen LogP contribution >= 0.6 is 0 Å². The molecule has 2 rings (SSSR count). The highest BCUT2D eigenvalue weighted by Crippen LogP contribution is 2.28. The predicted octanol–water partition coefficient (Wildman–Crippen LogP) is 3.28. The van der Waals surface area contributed by atoms with E-state index >= 15 is 0 Å². The van der Waals surface area contributed by atoms with Crippen LogP contribution in [0.4, 0.5) is 0 Å². The van der Waals surface area contributed by atoms with Crippen molar-refractivity contribution in [1.82, 2.24) is 9.78 Å². The molecule has 100 valence electrons. The van der Waals surface area contributed by atoms with Gasteiger partial charge in [-0.05, 0) is 31.9 Å². The Bertz CT molecular complexity index is 615. The van der Waals surface area contributed by atoms with Gasteiger partial charge in [0, 0.05) is 17.8 Å². The molecule has 0 unspecified atom stereocenters. The lowest BCUT2D eigenvalue weighted by Crippen LogP contribution is -2.03. The summed E-state index contributed by atoms with van der Waals surface area (Å²) in [7, 11) is 0. The number of nitrogens with zero attached hydrogens (tertiary/aromatic N) is 2. The average Bonchev–Trinajstić information content (AvgIpc) is 2.71. The van der Waals surface area contributed by atoms with Crippen LogP contribution in [-0.4, -0.2) is 20.9 Å². The fourth-order valence-corrected chi connectivity index (χ4v) is 2.22. The van der Waals surface area contributed by atoms with Crippen molar-refractivity contribution in [3.63, 3.8) is 0 Å². The minimum Gasteiger partial charge on any atom is -0.478 e. The monoisotopic (exact) mass is 258 g/mol. The van der Waals surface area contributed by atoms with Crippen molar-refractivity contribution in [3.05, 3.63) is 41.2 Å². The van der Waals surface area contributed by atoms with Crippen LogP contribution < -0.4 is 0 Å². The number of rotatable bonds is 4. The van der Waals surface area contributed by atoms with Crippen molar-refractivity contribution in [2.45, 2.75) is 33.7 Å². The van der Waals surface area contributed by atoms with E-state index in [1.165, 1.54) is 0 Å². The fourth-order valence-electron chi connectivity index (χ4n) is 2.22. The Morgan fingerprint density at radius 2 is 2.05 bits per heavy atom. The molecule has 4 heteroatoms. The first-order chi connectivity index (χ1) is 9.04. The van der Waals surface area contributed by atoms with Gasteiger partial charge in [-0.1, -0.05) is 24.6 Å². The van der Waals surface area contributed by atoms with Crippen LogP contribution in [0.1, 0.15) is 35.0 Å². The van der Waals surface area contributed by atoms with Crippen LogP contribution in [0, 0.1) is 13.8 Å². The summed E-state index contributed by atoms with van der Waals surface area (Å²) in [6.45, 7) is 6.88. The molecular formula is C15H18N2O2. The molecule has 0 saturated carbocycles. The molecule has 0 fully saturated rings. The molecule has 0 aliphatic carbocycles. The van der Waals surface area contributed by atoms with E-state index < -0.39 is 5.97 Å². The van der Waals surface area contributed by atoms with Gasteiger partial charge in [-0.2, -0.15) is 5.10 Å². The highest BCUT2D eigenvalue weighted by atomic mass is 16.4. The lowest BCUT2D eigenvalue weighted by molar-refractivity contribution is 0.0698. The van der Waals surface area contributed by atoms with Gasteiger partial charge in [0.05, 0.1) is 11.8 Å². The summed E-state index contributed by atoms with van der Waals surface area (Å²) in [5, 5.41) is 13.6. The number of carbonyl (C=O) groups is 1. The highest BCUT2D eigenvalue weighted by Gasteiger charge is 2.16. The summed E-state index contributed by atoms with van der Waals surface area (Å²) >= 11 is 0. The molecule has 0 aliphatic rings. The van der Waals surface area contributed by atoms with E-state index in [2.05, 4.69) is 12.0 Å². The van der Waals surface area contributed by atoms with Gasteiger partial charge in [0.1, 0.15) is 0 Å². The summed E-state index contributed by atoms with van der Waals surface area (Å²) in [6, 6.07) is 5.38. The topological polar surface area (TPSA) is 55.1 Å². The van der Waals surface area contributed by atoms with Crippen molar-refractivity contribution in [2.24, 2.45) is 0 Å². The Kier molecular flexibility index (Phi) is 3.69. The van der Waals surface area contributed by atoms with Gasteiger partial charge in [-0.25, -0.2) is 4.79 Å². The third kappa shape index (κ3) is 2.52. The summed E-state index contributed by atoms with van der Waals surface area (Å²) in [5.41, 5.74) is 4.02. The first-order valence-corrected chi connectivity index (χ1v) is 6.41. The Balaban J connectivity index is 2.58. The van der Waals surface area contributed by atoms with E-state index in [1.54, 1.807) is 12.3 Å². The normalized spacial score (nSPS) is 10.7. The van der Waals surface area contributed by atoms with Crippen LogP contribution in [0.5, 0.6) is 0 Å². The molecule has 1 N–H and O–H groups in total. The molecule has 0 amide bonds. The second kappa shape index (κ2) is 5.26. The van der Waals surface area contributed by atoms with Crippen LogP contribution in [0.3, 0.4) is 0 Å². The molecule has 0 spiro atoms. The SMILES string of the molecule is CCCn1ncc(-c2cc(C)ccc2C(=O)O)c1C. The first-order valence-electron chi connectivity index (χ1n) is 6.41. The zero-order valence-corrected chi connectivity index (χ0v) is 11.5. The maximum atomic E-state index is 11.3. The third-order valence-electron chi connectivity index (χ3n) is 3.23. The van der Waals surface area contributed by atoms with Crippen LogP contribution in [0.15, 0.2) is 24.4 Å². The summed E-state index contributed by atoms with van der Waals surface area (Å²) in [6.07, 6.45) is 2.76. The smallest absolute Gasteiger partial charge is 0.336 e. The van der Waals surface area contributed by atoms with Gasteiger partial charge in [0.15, 0.2) is 0 Å². The second-order valence-electron chi connectivity index (χ2n) is 4.72. The lowest BCUT2D eigenvalue weighted by atomic mass is 9.98. The molecule has 0 aliphatic heterocycles. The molecule has 1 aromatic carbocycles. The van der Waals surface area contributed by atoms with E-state index in [-0.39, 0.29) is 0 Å². The summed E-state index contributed by atoms with van der Waals surface area (Å²) in [4.78, 5) is 11.3. The minimum atomic E-state index is -0.905. The molecule has 1 heterocycles. The molecule has 0 atom stereocenters. The van der Waals surface area contributed by atoms with Crippen LogP contribution in [0.2, 0.25) is 0 Å². The lowest BCUT2D eigenvalue weighted by Gasteiger charge is -2.08. The number of hydrogen-bond acceptors (Lipinski definition) is 2.